The average molecular weight is 418 g/mol. The van der Waals surface area contributed by atoms with E-state index in [1.807, 2.05) is 0 Å². The van der Waals surface area contributed by atoms with Crippen molar-refractivity contribution in [3.63, 3.8) is 0 Å². The number of hydrogen-bond acceptors (Lipinski definition) is 7. The van der Waals surface area contributed by atoms with E-state index in [1.54, 1.807) is 24.3 Å². The van der Waals surface area contributed by atoms with Crippen LogP contribution in [-0.4, -0.2) is 21.7 Å². The van der Waals surface area contributed by atoms with Crippen molar-refractivity contribution in [2.45, 2.75) is 0 Å². The van der Waals surface area contributed by atoms with Gasteiger partial charge in [0.2, 0.25) is 5.90 Å². The lowest BCUT2D eigenvalue weighted by Gasteiger charge is -1.99. The largest absolute Gasteiger partial charge is 0.402 e. The van der Waals surface area contributed by atoms with E-state index < -0.39 is 27.2 Å². The fourth-order valence-electron chi connectivity index (χ4n) is 2.23. The molecule has 1 aliphatic heterocycles. The van der Waals surface area contributed by atoms with Crippen molar-refractivity contribution in [3.05, 3.63) is 84.0 Å². The van der Waals surface area contributed by atoms with Crippen LogP contribution in [0.2, 0.25) is 0 Å². The normalized spacial score (nSPS) is 14.9. The summed E-state index contributed by atoms with van der Waals surface area (Å²) < 4.78 is 5.85. The molecule has 9 nitrogen and oxygen atoms in total. The van der Waals surface area contributed by atoms with Gasteiger partial charge in [0.1, 0.15) is 0 Å². The van der Waals surface area contributed by atoms with Crippen LogP contribution in [0, 0.1) is 20.2 Å². The van der Waals surface area contributed by atoms with Crippen LogP contribution in [0.3, 0.4) is 0 Å². The Morgan fingerprint density at radius 2 is 1.85 bits per heavy atom. The van der Waals surface area contributed by atoms with Gasteiger partial charge < -0.3 is 4.74 Å². The van der Waals surface area contributed by atoms with Crippen LogP contribution in [0.15, 0.2) is 57.6 Å². The Labute approximate surface area is 154 Å². The van der Waals surface area contributed by atoms with Gasteiger partial charge in [0.25, 0.3) is 11.4 Å². The fourth-order valence-corrected chi connectivity index (χ4v) is 2.63. The molecule has 10 heteroatoms. The number of ether oxygens (including phenoxy) is 1. The molecule has 0 radical (unpaired) electrons. The van der Waals surface area contributed by atoms with E-state index >= 15 is 0 Å². The lowest BCUT2D eigenvalue weighted by Crippen LogP contribution is -2.05. The molecule has 2 aromatic carbocycles. The topological polar surface area (TPSA) is 125 Å². The van der Waals surface area contributed by atoms with Crippen molar-refractivity contribution in [1.82, 2.24) is 0 Å². The Balaban J connectivity index is 2.03. The van der Waals surface area contributed by atoms with E-state index in [0.717, 1.165) is 22.7 Å². The second-order valence-electron chi connectivity index (χ2n) is 5.10. The Morgan fingerprint density at radius 1 is 1.08 bits per heavy atom. The standard InChI is InChI=1S/C16H8BrN3O6/c17-11-3-1-2-10(6-11)15-18-13(16(21)26-15)7-9-4-5-12(19(22)23)8-14(9)20(24)25/h1-8H/b13-7-. The third-order valence-corrected chi connectivity index (χ3v) is 3.90. The number of nitrogens with zero attached hydrogens (tertiary/aromatic N) is 3. The highest BCUT2D eigenvalue weighted by molar-refractivity contribution is 9.10. The van der Waals surface area contributed by atoms with Crippen LogP contribution in [0.1, 0.15) is 11.1 Å². The molecule has 0 spiro atoms. The quantitative estimate of drug-likeness (QED) is 0.323. The van der Waals surface area contributed by atoms with Crippen LogP contribution < -0.4 is 0 Å². The number of rotatable bonds is 4. The lowest BCUT2D eigenvalue weighted by molar-refractivity contribution is -0.394. The van der Waals surface area contributed by atoms with Crippen molar-refractivity contribution >= 4 is 45.2 Å². The van der Waals surface area contributed by atoms with Crippen molar-refractivity contribution < 1.29 is 19.4 Å². The first-order valence-corrected chi connectivity index (χ1v) is 7.86. The summed E-state index contributed by atoms with van der Waals surface area (Å²) in [5.74, 6) is -0.709. The monoisotopic (exact) mass is 417 g/mol. The van der Waals surface area contributed by atoms with Crippen molar-refractivity contribution in [3.8, 4) is 0 Å². The average Bonchev–Trinajstić information content (AvgIpc) is 2.95. The summed E-state index contributed by atoms with van der Waals surface area (Å²) >= 11 is 3.30. The highest BCUT2D eigenvalue weighted by Crippen LogP contribution is 2.28. The van der Waals surface area contributed by atoms with Crippen molar-refractivity contribution in [2.24, 2.45) is 4.99 Å². The molecule has 2 aromatic rings. The zero-order valence-corrected chi connectivity index (χ0v) is 14.4. The smallest absolute Gasteiger partial charge is 0.363 e. The van der Waals surface area contributed by atoms with Crippen LogP contribution >= 0.6 is 15.9 Å². The number of non-ortho nitro benzene ring substituents is 1. The third kappa shape index (κ3) is 3.49. The molecule has 0 atom stereocenters. The summed E-state index contributed by atoms with van der Waals surface area (Å²) in [5.41, 5.74) is -0.519. The second kappa shape index (κ2) is 6.84. The maximum atomic E-state index is 12.0. The first-order valence-electron chi connectivity index (χ1n) is 7.06. The van der Waals surface area contributed by atoms with E-state index in [9.17, 15) is 25.0 Å². The summed E-state index contributed by atoms with van der Waals surface area (Å²) in [6.07, 6.45) is 1.16. The van der Waals surface area contributed by atoms with Crippen molar-refractivity contribution in [1.29, 1.82) is 0 Å². The highest BCUT2D eigenvalue weighted by Gasteiger charge is 2.26. The molecule has 0 saturated heterocycles. The number of carbonyl (C=O) groups is 1. The number of benzene rings is 2. The Bertz CT molecular complexity index is 1010. The Kier molecular flexibility index (Phi) is 4.59. The zero-order chi connectivity index (χ0) is 18.8. The highest BCUT2D eigenvalue weighted by atomic mass is 79.9. The van der Waals surface area contributed by atoms with Crippen LogP contribution in [0.4, 0.5) is 11.4 Å². The second-order valence-corrected chi connectivity index (χ2v) is 6.02. The van der Waals surface area contributed by atoms with Gasteiger partial charge in [-0.05, 0) is 30.3 Å². The predicted octanol–water partition coefficient (Wildman–Crippen LogP) is 3.61. The molecular formula is C16H8BrN3O6. The van der Waals surface area contributed by atoms with Gasteiger partial charge in [-0.1, -0.05) is 22.0 Å². The predicted molar refractivity (Wildman–Crippen MR) is 94.5 cm³/mol. The van der Waals surface area contributed by atoms with E-state index in [4.69, 9.17) is 4.74 Å². The maximum Gasteiger partial charge on any atom is 0.363 e. The van der Waals surface area contributed by atoms with Gasteiger partial charge in [-0.2, -0.15) is 0 Å². The lowest BCUT2D eigenvalue weighted by atomic mass is 10.1. The molecule has 0 unspecified atom stereocenters. The third-order valence-electron chi connectivity index (χ3n) is 3.41. The molecule has 0 saturated carbocycles. The fraction of sp³-hybridized carbons (Fsp3) is 0. The molecule has 3 rings (SSSR count). The molecule has 0 aliphatic carbocycles. The number of cyclic esters (lactones) is 1. The Hall–Kier alpha value is -3.40. The minimum atomic E-state index is -0.771. The zero-order valence-electron chi connectivity index (χ0n) is 12.8. The van der Waals surface area contributed by atoms with Gasteiger partial charge in [0, 0.05) is 16.1 Å². The first kappa shape index (κ1) is 17.4. The number of nitro groups is 2. The number of carbonyl (C=O) groups excluding carboxylic acids is 1. The van der Waals surface area contributed by atoms with Gasteiger partial charge in [0.05, 0.1) is 21.5 Å². The summed E-state index contributed by atoms with van der Waals surface area (Å²) in [7, 11) is 0. The summed E-state index contributed by atoms with van der Waals surface area (Å²) in [4.78, 5) is 36.5. The van der Waals surface area contributed by atoms with Crippen molar-refractivity contribution in [2.75, 3.05) is 0 Å². The minimum absolute atomic E-state index is 0.00629. The molecule has 1 aliphatic rings. The van der Waals surface area contributed by atoms with Gasteiger partial charge in [-0.25, -0.2) is 9.79 Å². The van der Waals surface area contributed by atoms with Crippen LogP contribution in [-0.2, 0) is 9.53 Å². The van der Waals surface area contributed by atoms with Crippen LogP contribution in [0.25, 0.3) is 6.08 Å². The molecule has 0 aromatic heterocycles. The van der Waals surface area contributed by atoms with E-state index in [0.29, 0.717) is 5.56 Å². The number of hydrogen-bond donors (Lipinski definition) is 0. The number of esters is 1. The molecule has 1 heterocycles. The summed E-state index contributed by atoms with van der Waals surface area (Å²) in [5, 5.41) is 22.0. The molecule has 26 heavy (non-hydrogen) atoms. The SMILES string of the molecule is O=C1OC(c2cccc(Br)c2)=N/C1=C\c1ccc([N+](=O)[O-])cc1[N+](=O)[O-]. The van der Waals surface area contributed by atoms with Gasteiger partial charge in [-0.3, -0.25) is 20.2 Å². The number of nitro benzene ring substituents is 2. The number of aliphatic imine (C=N–C) groups is 1. The molecule has 0 N–H and O–H groups in total. The molecular weight excluding hydrogens is 410 g/mol. The summed E-state index contributed by atoms with van der Waals surface area (Å²) in [6, 6.07) is 10.0. The van der Waals surface area contributed by atoms with E-state index in [2.05, 4.69) is 20.9 Å². The molecule has 0 bridgehead atoms. The summed E-state index contributed by atoms with van der Waals surface area (Å²) in [6.45, 7) is 0. The van der Waals surface area contributed by atoms with Gasteiger partial charge >= 0.3 is 5.97 Å². The van der Waals surface area contributed by atoms with Gasteiger partial charge in [0.15, 0.2) is 5.70 Å². The Morgan fingerprint density at radius 3 is 2.50 bits per heavy atom. The number of halogens is 1. The first-order chi connectivity index (χ1) is 12.3. The maximum absolute atomic E-state index is 12.0. The molecule has 0 amide bonds. The minimum Gasteiger partial charge on any atom is -0.402 e. The van der Waals surface area contributed by atoms with Gasteiger partial charge in [-0.15, -0.1) is 0 Å². The molecule has 130 valence electrons. The van der Waals surface area contributed by atoms with Crippen LogP contribution in [0.5, 0.6) is 0 Å². The van der Waals surface area contributed by atoms with E-state index in [-0.39, 0.29) is 17.2 Å². The van der Waals surface area contributed by atoms with E-state index in [1.165, 1.54) is 6.07 Å². The molecule has 0 fully saturated rings.